The molecule has 8 rings (SSSR count). The van der Waals surface area contributed by atoms with Gasteiger partial charge in [-0.3, -0.25) is 0 Å². The maximum absolute atomic E-state index is 15.2. The average molecular weight is 1000 g/mol. The predicted molar refractivity (Wildman–Crippen MR) is 173 cm³/mol. The average Bonchev–Trinajstić information content (AvgIpc) is 3.37. The summed E-state index contributed by atoms with van der Waals surface area (Å²) in [6.45, 7) is 0. The fraction of sp³-hybridized carbons (Fsp3) is 0. The quantitative estimate of drug-likeness (QED) is 0.134. The van der Waals surface area contributed by atoms with Gasteiger partial charge in [-0.15, -0.1) is 71.8 Å². The Kier molecular flexibility index (Phi) is 9.89. The van der Waals surface area contributed by atoms with Crippen molar-refractivity contribution in [1.29, 1.82) is 0 Å². The van der Waals surface area contributed by atoms with Gasteiger partial charge in [-0.25, -0.2) is 15.0 Å². The molecule has 1 aliphatic heterocycles. The summed E-state index contributed by atoms with van der Waals surface area (Å²) in [6.07, 6.45) is 6.12. The van der Waals surface area contributed by atoms with Crippen LogP contribution in [0.5, 0.6) is 23.0 Å². The Balaban J connectivity index is 0.00000201. The van der Waals surface area contributed by atoms with E-state index in [0.29, 0.717) is 33.6 Å². The van der Waals surface area contributed by atoms with E-state index in [4.69, 9.17) is 9.47 Å². The van der Waals surface area contributed by atoms with Crippen molar-refractivity contribution < 1.29 is 56.2 Å². The van der Waals surface area contributed by atoms with Crippen molar-refractivity contribution in [2.75, 3.05) is 0 Å². The Morgan fingerprint density at radius 1 is 0.500 bits per heavy atom. The summed E-state index contributed by atoms with van der Waals surface area (Å²) >= 11 is 0. The molecule has 4 aromatic carbocycles. The van der Waals surface area contributed by atoms with Crippen molar-refractivity contribution in [3.05, 3.63) is 146 Å². The number of benzene rings is 4. The molecular weight excluding hydrogens is 984 g/mol. The Hall–Kier alpha value is -4.60. The van der Waals surface area contributed by atoms with Crippen LogP contribution in [0.15, 0.2) is 122 Å². The molecule has 236 valence electrons. The Labute approximate surface area is 305 Å². The molecule has 0 aliphatic carbocycles. The van der Waals surface area contributed by atoms with Crippen molar-refractivity contribution in [2.45, 2.75) is 0 Å². The number of hydrogen-bond donors (Lipinski definition) is 0. The number of pyridine rings is 2. The molecule has 4 heterocycles. The molecule has 0 unspecified atom stereocenters. The molecular formula is C37H20N5O3PPt2. The molecule has 11 heteroatoms. The summed E-state index contributed by atoms with van der Waals surface area (Å²) in [6, 6.07) is 42.9. The molecule has 0 atom stereocenters. The van der Waals surface area contributed by atoms with Gasteiger partial charge >= 0.3 is 42.1 Å². The Bertz CT molecular complexity index is 2120. The molecule has 1 aliphatic rings. The third-order valence-corrected chi connectivity index (χ3v) is 10.1. The van der Waals surface area contributed by atoms with E-state index in [-0.39, 0.29) is 47.7 Å². The normalized spacial score (nSPS) is 12.1. The summed E-state index contributed by atoms with van der Waals surface area (Å²) in [5, 5.41) is 0.841. The zero-order chi connectivity index (χ0) is 30.9. The van der Waals surface area contributed by atoms with Gasteiger partial charge in [0.2, 0.25) is 0 Å². The second kappa shape index (κ2) is 14.3. The van der Waals surface area contributed by atoms with E-state index in [0.717, 1.165) is 33.6 Å². The van der Waals surface area contributed by atoms with Crippen LogP contribution in [0.4, 0.5) is 0 Å². The molecule has 0 amide bonds. The predicted octanol–water partition coefficient (Wildman–Crippen LogP) is 6.40. The second-order valence-corrected chi connectivity index (χ2v) is 12.7. The smallest absolute Gasteiger partial charge is 0.503 e. The van der Waals surface area contributed by atoms with E-state index in [9.17, 15) is 0 Å². The summed E-state index contributed by atoms with van der Waals surface area (Å²) in [5.41, 5.74) is 4.69. The third kappa shape index (κ3) is 6.32. The second-order valence-electron chi connectivity index (χ2n) is 10.2. The van der Waals surface area contributed by atoms with E-state index in [2.05, 4.69) is 49.2 Å². The van der Waals surface area contributed by atoms with Crippen molar-refractivity contribution in [3.8, 4) is 56.6 Å². The first-order valence-electron chi connectivity index (χ1n) is 14.3. The molecule has 7 aromatic rings. The summed E-state index contributed by atoms with van der Waals surface area (Å²) in [7, 11) is -3.65. The standard InChI is InChI=1S/C37H20N5O3P.2Pt/c43-46(37-41-23-38-24-42-37)35-21-29(44-27-9-5-7-25(19-27)33-11-1-3-17-39-33)13-15-31(35)32-16-14-30(22-36(32)46)45-28-10-6-8-26(20-28)34-12-2-4-18-40-34;;/h1-18,23-24H;;/q-4;2*+2. The summed E-state index contributed by atoms with van der Waals surface area (Å²) < 4.78 is 27.6. The van der Waals surface area contributed by atoms with Crippen LogP contribution in [0.3, 0.4) is 0 Å². The van der Waals surface area contributed by atoms with E-state index >= 15 is 4.57 Å². The van der Waals surface area contributed by atoms with Gasteiger partial charge in [-0.05, 0) is 23.5 Å². The van der Waals surface area contributed by atoms with Gasteiger partial charge in [0, 0.05) is 35.4 Å². The van der Waals surface area contributed by atoms with Crippen LogP contribution in [-0.2, 0) is 46.7 Å². The van der Waals surface area contributed by atoms with Crippen LogP contribution < -0.4 is 25.6 Å². The van der Waals surface area contributed by atoms with Crippen LogP contribution in [0.1, 0.15) is 0 Å². The summed E-state index contributed by atoms with van der Waals surface area (Å²) in [5.74, 6) is 1.67. The van der Waals surface area contributed by atoms with E-state index in [1.165, 1.54) is 12.7 Å². The van der Waals surface area contributed by atoms with Crippen LogP contribution in [0.25, 0.3) is 33.6 Å². The van der Waals surface area contributed by atoms with Gasteiger partial charge in [0.25, 0.3) is 0 Å². The van der Waals surface area contributed by atoms with Crippen molar-refractivity contribution in [2.24, 2.45) is 0 Å². The monoisotopic (exact) mass is 1000 g/mol. The third-order valence-electron chi connectivity index (χ3n) is 7.34. The number of ether oxygens (including phenoxy) is 2. The van der Waals surface area contributed by atoms with Gasteiger partial charge in [0.1, 0.15) is 12.7 Å². The molecule has 0 fully saturated rings. The first-order valence-corrected chi connectivity index (χ1v) is 16.0. The largest absolute Gasteiger partial charge is 2.00 e. The van der Waals surface area contributed by atoms with Gasteiger partial charge in [0.05, 0.1) is 0 Å². The maximum Gasteiger partial charge on any atom is 2.00 e. The fourth-order valence-electron chi connectivity index (χ4n) is 5.28. The maximum atomic E-state index is 15.2. The number of rotatable bonds is 7. The molecule has 0 N–H and O–H groups in total. The molecule has 0 saturated heterocycles. The minimum absolute atomic E-state index is 0. The van der Waals surface area contributed by atoms with Crippen molar-refractivity contribution in [3.63, 3.8) is 0 Å². The van der Waals surface area contributed by atoms with Gasteiger partial charge in [-0.1, -0.05) is 47.0 Å². The molecule has 0 radical (unpaired) electrons. The van der Waals surface area contributed by atoms with Crippen LogP contribution in [-0.4, -0.2) is 24.9 Å². The molecule has 8 nitrogen and oxygen atoms in total. The van der Waals surface area contributed by atoms with Gasteiger partial charge in [-0.2, -0.15) is 23.3 Å². The first kappa shape index (κ1) is 33.3. The van der Waals surface area contributed by atoms with Crippen molar-refractivity contribution >= 4 is 23.3 Å². The Morgan fingerprint density at radius 3 is 1.44 bits per heavy atom. The van der Waals surface area contributed by atoms with Gasteiger partial charge in [0.15, 0.2) is 12.7 Å². The zero-order valence-corrected chi connectivity index (χ0v) is 30.0. The van der Waals surface area contributed by atoms with Crippen LogP contribution >= 0.6 is 7.14 Å². The van der Waals surface area contributed by atoms with Crippen LogP contribution in [0, 0.1) is 24.3 Å². The number of aromatic nitrogens is 5. The van der Waals surface area contributed by atoms with Crippen LogP contribution in [0.2, 0.25) is 0 Å². The topological polar surface area (TPSA) is 100.0 Å². The van der Waals surface area contributed by atoms with Crippen molar-refractivity contribution in [1.82, 2.24) is 24.9 Å². The number of nitrogens with zero attached hydrogens (tertiary/aromatic N) is 5. The zero-order valence-electron chi connectivity index (χ0n) is 24.6. The molecule has 3 aromatic heterocycles. The van der Waals surface area contributed by atoms with E-state index in [1.807, 2.05) is 72.8 Å². The first-order chi connectivity index (χ1) is 22.6. The number of hydrogen-bond acceptors (Lipinski definition) is 8. The van der Waals surface area contributed by atoms with Gasteiger partial charge < -0.3 is 24.0 Å². The minimum Gasteiger partial charge on any atom is -0.503 e. The SMILES string of the molecule is O=P1(c2ncncn2)c2[c-]c(Oc3[c-]c(-c4ccccn4)ccc3)ccc2-c2ccc(Oc3[c-]c(-c4ccccn4)ccc3)[c-]c21.[Pt+2].[Pt+2]. The fourth-order valence-corrected chi connectivity index (χ4v) is 7.94. The van der Waals surface area contributed by atoms with E-state index < -0.39 is 7.14 Å². The Morgan fingerprint density at radius 2 is 0.979 bits per heavy atom. The molecule has 0 saturated carbocycles. The minimum atomic E-state index is -3.65. The molecule has 0 bridgehead atoms. The number of fused-ring (bicyclic) bond motifs is 3. The summed E-state index contributed by atoms with van der Waals surface area (Å²) in [4.78, 5) is 21.4. The molecule has 48 heavy (non-hydrogen) atoms. The molecule has 0 spiro atoms. The van der Waals surface area contributed by atoms with E-state index in [1.54, 1.807) is 36.7 Å².